The minimum atomic E-state index is -0.142. The molecular formula is C10H14BrN3OS. The fourth-order valence-corrected chi connectivity index (χ4v) is 3.30. The predicted molar refractivity (Wildman–Crippen MR) is 71.1 cm³/mol. The second-order valence-electron chi connectivity index (χ2n) is 3.85. The van der Waals surface area contributed by atoms with Crippen LogP contribution in [-0.4, -0.2) is 27.5 Å². The van der Waals surface area contributed by atoms with Gasteiger partial charge < -0.3 is 10.3 Å². The summed E-state index contributed by atoms with van der Waals surface area (Å²) in [4.78, 5) is 18.1. The van der Waals surface area contributed by atoms with E-state index < -0.39 is 0 Å². The molecule has 1 saturated carbocycles. The monoisotopic (exact) mass is 303 g/mol. The van der Waals surface area contributed by atoms with E-state index in [1.165, 1.54) is 19.2 Å². The molecule has 2 rings (SSSR count). The maximum atomic E-state index is 11.4. The molecule has 0 bridgehead atoms. The molecular weight excluding hydrogens is 290 g/mol. The van der Waals surface area contributed by atoms with Gasteiger partial charge in [-0.1, -0.05) is 6.42 Å². The summed E-state index contributed by atoms with van der Waals surface area (Å²) in [6, 6.07) is 0.417. The van der Waals surface area contributed by atoms with E-state index in [1.807, 2.05) is 11.8 Å². The van der Waals surface area contributed by atoms with Crippen LogP contribution in [0.2, 0.25) is 0 Å². The highest BCUT2D eigenvalue weighted by molar-refractivity contribution is 9.10. The molecule has 1 heterocycles. The van der Waals surface area contributed by atoms with E-state index in [1.54, 1.807) is 0 Å². The van der Waals surface area contributed by atoms with Crippen LogP contribution in [0.5, 0.6) is 0 Å². The lowest BCUT2D eigenvalue weighted by atomic mass is 10.2. The fourth-order valence-electron chi connectivity index (χ4n) is 2.03. The lowest BCUT2D eigenvalue weighted by molar-refractivity contribution is 0.761. The second kappa shape index (κ2) is 5.23. The van der Waals surface area contributed by atoms with E-state index in [-0.39, 0.29) is 5.56 Å². The van der Waals surface area contributed by atoms with Gasteiger partial charge in [0, 0.05) is 11.3 Å². The summed E-state index contributed by atoms with van der Waals surface area (Å²) < 4.78 is 0.488. The first kappa shape index (κ1) is 12.0. The smallest absolute Gasteiger partial charge is 0.267 e. The Kier molecular flexibility index (Phi) is 3.91. The summed E-state index contributed by atoms with van der Waals surface area (Å²) in [5.74, 6) is 0.648. The lowest BCUT2D eigenvalue weighted by Gasteiger charge is -2.19. The van der Waals surface area contributed by atoms with Crippen molar-refractivity contribution < 1.29 is 0 Å². The molecule has 0 aromatic carbocycles. The van der Waals surface area contributed by atoms with Crippen LogP contribution in [-0.2, 0) is 0 Å². The second-order valence-corrected chi connectivity index (χ2v) is 5.72. The molecule has 2 unspecified atom stereocenters. The molecule has 2 atom stereocenters. The average molecular weight is 304 g/mol. The summed E-state index contributed by atoms with van der Waals surface area (Å²) in [7, 11) is 0. The van der Waals surface area contributed by atoms with Gasteiger partial charge in [0.05, 0.1) is 6.33 Å². The van der Waals surface area contributed by atoms with Crippen molar-refractivity contribution in [1.82, 2.24) is 9.97 Å². The molecule has 1 aromatic rings. The highest BCUT2D eigenvalue weighted by Crippen LogP contribution is 2.31. The first-order chi connectivity index (χ1) is 7.72. The number of halogens is 1. The highest BCUT2D eigenvalue weighted by Gasteiger charge is 2.27. The average Bonchev–Trinajstić information content (AvgIpc) is 2.72. The summed E-state index contributed by atoms with van der Waals surface area (Å²) in [6.45, 7) is 0. The molecule has 0 amide bonds. The normalized spacial score (nSPS) is 24.6. The number of aromatic nitrogens is 2. The SMILES string of the molecule is CSC1CCCC1Nc1nc[nH]c(=O)c1Br. The van der Waals surface area contributed by atoms with Crippen LogP contribution in [0.4, 0.5) is 5.82 Å². The molecule has 88 valence electrons. The number of H-pyrrole nitrogens is 1. The van der Waals surface area contributed by atoms with Gasteiger partial charge >= 0.3 is 0 Å². The van der Waals surface area contributed by atoms with Crippen molar-refractivity contribution in [3.8, 4) is 0 Å². The molecule has 0 radical (unpaired) electrons. The Morgan fingerprint density at radius 3 is 3.19 bits per heavy atom. The first-order valence-electron chi connectivity index (χ1n) is 5.25. The minimum absolute atomic E-state index is 0.142. The molecule has 1 fully saturated rings. The van der Waals surface area contributed by atoms with E-state index >= 15 is 0 Å². The van der Waals surface area contributed by atoms with Crippen LogP contribution in [0.3, 0.4) is 0 Å². The van der Waals surface area contributed by atoms with E-state index in [0.29, 0.717) is 21.6 Å². The van der Waals surface area contributed by atoms with E-state index in [4.69, 9.17) is 0 Å². The Bertz CT molecular complexity index is 423. The minimum Gasteiger partial charge on any atom is -0.365 e. The Morgan fingerprint density at radius 1 is 1.62 bits per heavy atom. The molecule has 1 aliphatic carbocycles. The third kappa shape index (κ3) is 2.43. The standard InChI is InChI=1S/C10H14BrN3OS/c1-16-7-4-2-3-6(7)14-9-8(11)10(15)13-5-12-9/h5-7H,2-4H2,1H3,(H2,12,13,14,15). The van der Waals surface area contributed by atoms with Crippen molar-refractivity contribution in [2.45, 2.75) is 30.6 Å². The van der Waals surface area contributed by atoms with Gasteiger partial charge in [-0.3, -0.25) is 4.79 Å². The van der Waals surface area contributed by atoms with Crippen LogP contribution >= 0.6 is 27.7 Å². The van der Waals surface area contributed by atoms with Crippen molar-refractivity contribution in [2.75, 3.05) is 11.6 Å². The van der Waals surface area contributed by atoms with Crippen molar-refractivity contribution in [3.05, 3.63) is 21.2 Å². The number of thioether (sulfide) groups is 1. The number of anilines is 1. The van der Waals surface area contributed by atoms with E-state index in [0.717, 1.165) is 6.42 Å². The van der Waals surface area contributed by atoms with Crippen LogP contribution in [0, 0.1) is 0 Å². The number of nitrogens with one attached hydrogen (secondary N) is 2. The molecule has 0 spiro atoms. The third-order valence-corrected chi connectivity index (χ3v) is 4.78. The zero-order valence-corrected chi connectivity index (χ0v) is 11.4. The van der Waals surface area contributed by atoms with Gasteiger partial charge in [0.1, 0.15) is 10.3 Å². The van der Waals surface area contributed by atoms with Crippen molar-refractivity contribution in [3.63, 3.8) is 0 Å². The topological polar surface area (TPSA) is 57.8 Å². The maximum absolute atomic E-state index is 11.4. The lowest BCUT2D eigenvalue weighted by Crippen LogP contribution is -2.27. The predicted octanol–water partition coefficient (Wildman–Crippen LogP) is 2.23. The van der Waals surface area contributed by atoms with Crippen LogP contribution in [0.25, 0.3) is 0 Å². The van der Waals surface area contributed by atoms with Crippen molar-refractivity contribution in [1.29, 1.82) is 0 Å². The van der Waals surface area contributed by atoms with Gasteiger partial charge in [0.2, 0.25) is 0 Å². The van der Waals surface area contributed by atoms with Gasteiger partial charge in [-0.05, 0) is 35.0 Å². The van der Waals surface area contributed by atoms with E-state index in [2.05, 4.69) is 37.5 Å². The van der Waals surface area contributed by atoms with Gasteiger partial charge in [0.15, 0.2) is 0 Å². The van der Waals surface area contributed by atoms with E-state index in [9.17, 15) is 4.79 Å². The molecule has 6 heteroatoms. The van der Waals surface area contributed by atoms with Crippen molar-refractivity contribution >= 4 is 33.5 Å². The van der Waals surface area contributed by atoms with Gasteiger partial charge in [-0.15, -0.1) is 0 Å². The number of aromatic amines is 1. The summed E-state index contributed by atoms with van der Waals surface area (Å²) in [5, 5.41) is 3.97. The molecule has 0 saturated heterocycles. The molecule has 16 heavy (non-hydrogen) atoms. The van der Waals surface area contributed by atoms with Gasteiger partial charge in [0.25, 0.3) is 5.56 Å². The Balaban J connectivity index is 2.14. The highest BCUT2D eigenvalue weighted by atomic mass is 79.9. The first-order valence-corrected chi connectivity index (χ1v) is 7.33. The molecule has 1 aromatic heterocycles. The number of hydrogen-bond acceptors (Lipinski definition) is 4. The van der Waals surface area contributed by atoms with Crippen molar-refractivity contribution in [2.24, 2.45) is 0 Å². The molecule has 0 aliphatic heterocycles. The number of nitrogens with zero attached hydrogens (tertiary/aromatic N) is 1. The summed E-state index contributed by atoms with van der Waals surface area (Å²) in [5.41, 5.74) is -0.142. The number of rotatable bonds is 3. The van der Waals surface area contributed by atoms with Crippen LogP contribution < -0.4 is 10.9 Å². The fraction of sp³-hybridized carbons (Fsp3) is 0.600. The molecule has 4 nitrogen and oxygen atoms in total. The van der Waals surface area contributed by atoms with Crippen LogP contribution in [0.1, 0.15) is 19.3 Å². The quantitative estimate of drug-likeness (QED) is 0.899. The zero-order chi connectivity index (χ0) is 11.5. The molecule has 1 aliphatic rings. The molecule has 2 N–H and O–H groups in total. The Hall–Kier alpha value is -0.490. The number of hydrogen-bond donors (Lipinski definition) is 2. The van der Waals surface area contributed by atoms with Gasteiger partial charge in [-0.25, -0.2) is 4.98 Å². The Labute approximate surface area is 107 Å². The summed E-state index contributed by atoms with van der Waals surface area (Å²) in [6.07, 6.45) is 7.18. The van der Waals surface area contributed by atoms with Crippen LogP contribution in [0.15, 0.2) is 15.6 Å². The summed E-state index contributed by atoms with van der Waals surface area (Å²) >= 11 is 5.13. The largest absolute Gasteiger partial charge is 0.365 e. The third-order valence-electron chi connectivity index (χ3n) is 2.87. The maximum Gasteiger partial charge on any atom is 0.267 e. The Morgan fingerprint density at radius 2 is 2.44 bits per heavy atom. The van der Waals surface area contributed by atoms with Gasteiger partial charge in [-0.2, -0.15) is 11.8 Å². The zero-order valence-electron chi connectivity index (χ0n) is 9.00.